The average Bonchev–Trinajstić information content (AvgIpc) is 2.35. The Morgan fingerprint density at radius 1 is 1.35 bits per heavy atom. The van der Waals surface area contributed by atoms with Gasteiger partial charge in [0.15, 0.2) is 0 Å². The van der Waals surface area contributed by atoms with Gasteiger partial charge >= 0.3 is 6.18 Å². The Hall–Kier alpha value is -1.27. The summed E-state index contributed by atoms with van der Waals surface area (Å²) in [5.41, 5.74) is 5.06. The van der Waals surface area contributed by atoms with Gasteiger partial charge in [0.2, 0.25) is 0 Å². The molecule has 20 heavy (non-hydrogen) atoms. The smallest absolute Gasteiger partial charge is 0.372 e. The number of nitrogens with two attached hydrogens (primary N) is 1. The summed E-state index contributed by atoms with van der Waals surface area (Å²) in [7, 11) is 0. The molecule has 1 aliphatic rings. The minimum atomic E-state index is -4.38. The van der Waals surface area contributed by atoms with Crippen LogP contribution in [0.3, 0.4) is 0 Å². The summed E-state index contributed by atoms with van der Waals surface area (Å²) in [6.45, 7) is 5.39. The first kappa shape index (κ1) is 15.1. The van der Waals surface area contributed by atoms with Crippen LogP contribution >= 0.6 is 0 Å². The van der Waals surface area contributed by atoms with Crippen LogP contribution in [0.4, 0.5) is 18.9 Å². The van der Waals surface area contributed by atoms with Gasteiger partial charge in [0, 0.05) is 25.3 Å². The predicted molar refractivity (Wildman–Crippen MR) is 71.6 cm³/mol. The van der Waals surface area contributed by atoms with Crippen LogP contribution in [-0.2, 0) is 17.5 Å². The van der Waals surface area contributed by atoms with Gasteiger partial charge < -0.3 is 15.4 Å². The highest BCUT2D eigenvalue weighted by molar-refractivity contribution is 5.52. The molecule has 1 fully saturated rings. The van der Waals surface area contributed by atoms with Crippen LogP contribution in [0.15, 0.2) is 18.2 Å². The number of anilines is 1. The Balaban J connectivity index is 2.34. The van der Waals surface area contributed by atoms with Crippen molar-refractivity contribution in [3.63, 3.8) is 0 Å². The lowest BCUT2D eigenvalue weighted by Gasteiger charge is -2.39. The largest absolute Gasteiger partial charge is 0.416 e. The molecule has 1 aromatic rings. The molecule has 0 saturated carbocycles. The molecular weight excluding hydrogens is 269 g/mol. The maximum absolute atomic E-state index is 13.0. The van der Waals surface area contributed by atoms with Crippen molar-refractivity contribution in [3.05, 3.63) is 29.3 Å². The van der Waals surface area contributed by atoms with E-state index < -0.39 is 11.7 Å². The van der Waals surface area contributed by atoms with Crippen LogP contribution in [0.5, 0.6) is 0 Å². The van der Waals surface area contributed by atoms with Gasteiger partial charge in [0.25, 0.3) is 0 Å². The van der Waals surface area contributed by atoms with Gasteiger partial charge in [-0.25, -0.2) is 0 Å². The van der Waals surface area contributed by atoms with Crippen LogP contribution in [-0.4, -0.2) is 25.3 Å². The van der Waals surface area contributed by atoms with Crippen molar-refractivity contribution in [2.75, 3.05) is 24.6 Å². The van der Waals surface area contributed by atoms with E-state index in [0.29, 0.717) is 25.4 Å². The van der Waals surface area contributed by atoms with E-state index in [1.807, 2.05) is 18.7 Å². The van der Waals surface area contributed by atoms with E-state index in [2.05, 4.69) is 0 Å². The normalized spacial score (nSPS) is 19.2. The molecule has 2 rings (SSSR count). The average molecular weight is 288 g/mol. The number of benzene rings is 1. The molecule has 0 bridgehead atoms. The van der Waals surface area contributed by atoms with Gasteiger partial charge in [0.05, 0.1) is 17.8 Å². The van der Waals surface area contributed by atoms with E-state index in [1.165, 1.54) is 12.1 Å². The first-order valence-electron chi connectivity index (χ1n) is 6.52. The first-order chi connectivity index (χ1) is 9.23. The molecule has 0 aliphatic carbocycles. The van der Waals surface area contributed by atoms with E-state index in [4.69, 9.17) is 10.5 Å². The van der Waals surface area contributed by atoms with Crippen LogP contribution < -0.4 is 10.6 Å². The van der Waals surface area contributed by atoms with Crippen LogP contribution in [0.1, 0.15) is 25.0 Å². The summed E-state index contributed by atoms with van der Waals surface area (Å²) < 4.78 is 44.7. The third-order valence-corrected chi connectivity index (χ3v) is 3.41. The Kier molecular flexibility index (Phi) is 3.97. The van der Waals surface area contributed by atoms with Crippen molar-refractivity contribution in [2.24, 2.45) is 5.73 Å². The minimum Gasteiger partial charge on any atom is -0.372 e. The van der Waals surface area contributed by atoms with Crippen molar-refractivity contribution in [1.82, 2.24) is 0 Å². The zero-order chi connectivity index (χ0) is 15.0. The number of ether oxygens (including phenoxy) is 1. The van der Waals surface area contributed by atoms with Gasteiger partial charge in [0.1, 0.15) is 0 Å². The van der Waals surface area contributed by atoms with Gasteiger partial charge in [-0.15, -0.1) is 0 Å². The molecule has 0 radical (unpaired) electrons. The lowest BCUT2D eigenvalue weighted by Crippen LogP contribution is -2.48. The van der Waals surface area contributed by atoms with E-state index >= 15 is 0 Å². The quantitative estimate of drug-likeness (QED) is 0.909. The molecule has 0 spiro atoms. The highest BCUT2D eigenvalue weighted by Crippen LogP contribution is 2.35. The number of rotatable bonds is 2. The molecule has 3 nitrogen and oxygen atoms in total. The standard InChI is InChI=1S/C14H19F3N2O/c1-13(2)9-19(5-6-20-13)11-4-3-10(8-18)12(7-11)14(15,16)17/h3-4,7H,5-6,8-9,18H2,1-2H3. The van der Waals surface area contributed by atoms with Crippen molar-refractivity contribution in [2.45, 2.75) is 32.2 Å². The monoisotopic (exact) mass is 288 g/mol. The van der Waals surface area contributed by atoms with Gasteiger partial charge in [-0.2, -0.15) is 13.2 Å². The fraction of sp³-hybridized carbons (Fsp3) is 0.571. The van der Waals surface area contributed by atoms with Crippen LogP contribution in [0, 0.1) is 0 Å². The number of hydrogen-bond acceptors (Lipinski definition) is 3. The van der Waals surface area contributed by atoms with Crippen molar-refractivity contribution in [3.8, 4) is 0 Å². The number of morpholine rings is 1. The SMILES string of the molecule is CC1(C)CN(c2ccc(CN)c(C(F)(F)F)c2)CCO1. The lowest BCUT2D eigenvalue weighted by atomic mass is 10.0. The maximum atomic E-state index is 13.0. The molecule has 1 heterocycles. The number of halogens is 3. The van der Waals surface area contributed by atoms with E-state index in [9.17, 15) is 13.2 Å². The maximum Gasteiger partial charge on any atom is 0.416 e. The van der Waals surface area contributed by atoms with Crippen molar-refractivity contribution in [1.29, 1.82) is 0 Å². The van der Waals surface area contributed by atoms with Crippen molar-refractivity contribution >= 4 is 5.69 Å². The summed E-state index contributed by atoms with van der Waals surface area (Å²) >= 11 is 0. The Morgan fingerprint density at radius 3 is 2.60 bits per heavy atom. The third kappa shape index (κ3) is 3.24. The lowest BCUT2D eigenvalue weighted by molar-refractivity contribution is -0.138. The van der Waals surface area contributed by atoms with Gasteiger partial charge in [-0.1, -0.05) is 6.07 Å². The van der Waals surface area contributed by atoms with Crippen LogP contribution in [0.2, 0.25) is 0 Å². The molecule has 1 aliphatic heterocycles. The second kappa shape index (κ2) is 5.26. The fourth-order valence-electron chi connectivity index (χ4n) is 2.44. The van der Waals surface area contributed by atoms with Gasteiger partial charge in [-0.3, -0.25) is 0 Å². The first-order valence-corrected chi connectivity index (χ1v) is 6.52. The molecule has 112 valence electrons. The summed E-state index contributed by atoms with van der Waals surface area (Å²) in [6.07, 6.45) is -4.38. The molecule has 0 unspecified atom stereocenters. The van der Waals surface area contributed by atoms with Crippen molar-refractivity contribution < 1.29 is 17.9 Å². The number of hydrogen-bond donors (Lipinski definition) is 1. The second-order valence-electron chi connectivity index (χ2n) is 5.57. The van der Waals surface area contributed by atoms with E-state index in [0.717, 1.165) is 0 Å². The summed E-state index contributed by atoms with van der Waals surface area (Å²) in [6, 6.07) is 4.34. The topological polar surface area (TPSA) is 38.5 Å². The summed E-state index contributed by atoms with van der Waals surface area (Å²) in [4.78, 5) is 1.92. The third-order valence-electron chi connectivity index (χ3n) is 3.41. The van der Waals surface area contributed by atoms with Gasteiger partial charge in [-0.05, 0) is 31.5 Å². The minimum absolute atomic E-state index is 0.119. The van der Waals surface area contributed by atoms with E-state index in [1.54, 1.807) is 6.07 Å². The molecule has 0 atom stereocenters. The summed E-state index contributed by atoms with van der Waals surface area (Å²) in [5.74, 6) is 0. The molecule has 6 heteroatoms. The predicted octanol–water partition coefficient (Wildman–Crippen LogP) is 2.78. The molecule has 0 aromatic heterocycles. The van der Waals surface area contributed by atoms with Crippen LogP contribution in [0.25, 0.3) is 0 Å². The Morgan fingerprint density at radius 2 is 2.05 bits per heavy atom. The second-order valence-corrected chi connectivity index (χ2v) is 5.57. The Bertz CT molecular complexity index is 486. The molecule has 0 amide bonds. The summed E-state index contributed by atoms with van der Waals surface area (Å²) in [5, 5.41) is 0. The number of nitrogens with zero attached hydrogens (tertiary/aromatic N) is 1. The molecule has 2 N–H and O–H groups in total. The highest BCUT2D eigenvalue weighted by Gasteiger charge is 2.34. The molecule has 1 aromatic carbocycles. The molecular formula is C14H19F3N2O. The fourth-order valence-corrected chi connectivity index (χ4v) is 2.44. The zero-order valence-corrected chi connectivity index (χ0v) is 11.6. The number of alkyl halides is 3. The Labute approximate surface area is 116 Å². The van der Waals surface area contributed by atoms with E-state index in [-0.39, 0.29) is 17.7 Å². The highest BCUT2D eigenvalue weighted by atomic mass is 19.4. The zero-order valence-electron chi connectivity index (χ0n) is 11.6. The molecule has 1 saturated heterocycles.